The number of esters is 1. The second-order valence-corrected chi connectivity index (χ2v) is 7.42. The van der Waals surface area contributed by atoms with Crippen LogP contribution in [-0.2, 0) is 19.7 Å². The van der Waals surface area contributed by atoms with E-state index in [0.29, 0.717) is 19.6 Å². The van der Waals surface area contributed by atoms with Gasteiger partial charge in [0.1, 0.15) is 5.41 Å². The molecular formula is C22H25BrO3. The number of hydrogen-bond donors (Lipinski definition) is 0. The van der Waals surface area contributed by atoms with E-state index in [1.54, 1.807) is 7.11 Å². The number of halogens is 1. The molecule has 3 nitrogen and oxygen atoms in total. The monoisotopic (exact) mass is 416 g/mol. The highest BCUT2D eigenvalue weighted by Gasteiger charge is 2.49. The summed E-state index contributed by atoms with van der Waals surface area (Å²) < 4.78 is 10.8. The van der Waals surface area contributed by atoms with Crippen LogP contribution in [-0.4, -0.2) is 31.6 Å². The fourth-order valence-electron chi connectivity index (χ4n) is 3.89. The van der Waals surface area contributed by atoms with Crippen molar-refractivity contribution in [1.29, 1.82) is 0 Å². The molecule has 26 heavy (non-hydrogen) atoms. The lowest BCUT2D eigenvalue weighted by molar-refractivity contribution is -0.149. The van der Waals surface area contributed by atoms with Gasteiger partial charge < -0.3 is 9.47 Å². The van der Waals surface area contributed by atoms with Crippen molar-refractivity contribution in [1.82, 2.24) is 0 Å². The molecule has 0 saturated heterocycles. The second kappa shape index (κ2) is 8.83. The van der Waals surface area contributed by atoms with Crippen molar-refractivity contribution in [2.45, 2.75) is 31.1 Å². The van der Waals surface area contributed by atoms with E-state index in [0.717, 1.165) is 46.8 Å². The van der Waals surface area contributed by atoms with E-state index < -0.39 is 5.41 Å². The predicted octanol–water partition coefficient (Wildman–Crippen LogP) is 5.10. The highest BCUT2D eigenvalue weighted by molar-refractivity contribution is 9.09. The molecule has 0 bridgehead atoms. The summed E-state index contributed by atoms with van der Waals surface area (Å²) in [4.78, 5) is 13.4. The minimum Gasteiger partial charge on any atom is -0.465 e. The Morgan fingerprint density at radius 3 is 2.12 bits per heavy atom. The van der Waals surface area contributed by atoms with Crippen LogP contribution in [0.15, 0.2) is 48.5 Å². The molecule has 3 rings (SSSR count). The number of methoxy groups -OCH3 is 1. The van der Waals surface area contributed by atoms with Crippen LogP contribution >= 0.6 is 15.9 Å². The van der Waals surface area contributed by atoms with Gasteiger partial charge in [0, 0.05) is 25.5 Å². The third kappa shape index (κ3) is 3.45. The first-order valence-corrected chi connectivity index (χ1v) is 10.3. The molecule has 0 heterocycles. The van der Waals surface area contributed by atoms with Crippen molar-refractivity contribution in [2.75, 3.05) is 25.7 Å². The molecule has 0 aromatic heterocycles. The van der Waals surface area contributed by atoms with Gasteiger partial charge in [-0.2, -0.15) is 0 Å². The van der Waals surface area contributed by atoms with E-state index in [-0.39, 0.29) is 5.97 Å². The van der Waals surface area contributed by atoms with Crippen molar-refractivity contribution in [2.24, 2.45) is 0 Å². The molecule has 1 aliphatic carbocycles. The summed E-state index contributed by atoms with van der Waals surface area (Å²) >= 11 is 3.51. The van der Waals surface area contributed by atoms with Gasteiger partial charge in [0.2, 0.25) is 0 Å². The number of carbonyl (C=O) groups is 1. The lowest BCUT2D eigenvalue weighted by atomic mass is 9.74. The molecule has 0 N–H and O–H groups in total. The third-order valence-corrected chi connectivity index (χ3v) is 5.63. The molecule has 4 heteroatoms. The van der Waals surface area contributed by atoms with Gasteiger partial charge in [0.15, 0.2) is 0 Å². The van der Waals surface area contributed by atoms with Gasteiger partial charge in [0.25, 0.3) is 0 Å². The Kier molecular flexibility index (Phi) is 6.49. The first-order valence-electron chi connectivity index (χ1n) is 9.17. The van der Waals surface area contributed by atoms with Crippen molar-refractivity contribution in [3.05, 3.63) is 59.7 Å². The number of unbranched alkanes of at least 4 members (excludes halogenated alkanes) is 1. The summed E-state index contributed by atoms with van der Waals surface area (Å²) in [6.45, 7) is 0.980. The Morgan fingerprint density at radius 2 is 1.54 bits per heavy atom. The van der Waals surface area contributed by atoms with Crippen LogP contribution < -0.4 is 0 Å². The summed E-state index contributed by atoms with van der Waals surface area (Å²) in [5.41, 5.74) is 3.74. The third-order valence-electron chi connectivity index (χ3n) is 5.07. The normalized spacial score (nSPS) is 13.9. The smallest absolute Gasteiger partial charge is 0.321 e. The second-order valence-electron chi connectivity index (χ2n) is 6.62. The summed E-state index contributed by atoms with van der Waals surface area (Å²) in [5.74, 6) is -0.138. The van der Waals surface area contributed by atoms with Crippen LogP contribution in [0.3, 0.4) is 0 Å². The van der Waals surface area contributed by atoms with E-state index in [9.17, 15) is 4.79 Å². The highest BCUT2D eigenvalue weighted by atomic mass is 79.9. The van der Waals surface area contributed by atoms with Crippen LogP contribution in [0.4, 0.5) is 0 Å². The van der Waals surface area contributed by atoms with Gasteiger partial charge in [-0.05, 0) is 35.1 Å². The van der Waals surface area contributed by atoms with Crippen LogP contribution in [0, 0.1) is 0 Å². The number of ether oxygens (including phenoxy) is 2. The van der Waals surface area contributed by atoms with Gasteiger partial charge in [-0.3, -0.25) is 4.79 Å². The first-order chi connectivity index (χ1) is 12.8. The maximum absolute atomic E-state index is 13.4. The van der Waals surface area contributed by atoms with E-state index in [2.05, 4.69) is 40.2 Å². The Bertz CT molecular complexity index is 711. The lowest BCUT2D eigenvalue weighted by Crippen LogP contribution is -2.37. The van der Waals surface area contributed by atoms with Gasteiger partial charge in [0.05, 0.1) is 6.61 Å². The number of fused-ring (bicyclic) bond motifs is 3. The summed E-state index contributed by atoms with van der Waals surface area (Å²) in [6.07, 6.45) is 3.46. The number of benzene rings is 2. The SMILES string of the molecule is COCCCOC(=O)C1(CCCCBr)c2ccccc2-c2ccccc21. The van der Waals surface area contributed by atoms with Gasteiger partial charge in [-0.25, -0.2) is 0 Å². The summed E-state index contributed by atoms with van der Waals surface area (Å²) in [5, 5.41) is 0.940. The Labute approximate surface area is 163 Å². The van der Waals surface area contributed by atoms with Crippen molar-refractivity contribution >= 4 is 21.9 Å². The maximum Gasteiger partial charge on any atom is 0.321 e. The van der Waals surface area contributed by atoms with E-state index in [1.165, 1.54) is 0 Å². The fourth-order valence-corrected chi connectivity index (χ4v) is 4.29. The Morgan fingerprint density at radius 1 is 0.923 bits per heavy atom. The molecule has 0 saturated carbocycles. The molecule has 138 valence electrons. The average Bonchev–Trinajstić information content (AvgIpc) is 2.97. The lowest BCUT2D eigenvalue weighted by Gasteiger charge is -2.30. The van der Waals surface area contributed by atoms with Gasteiger partial charge >= 0.3 is 5.97 Å². The minimum absolute atomic E-state index is 0.138. The van der Waals surface area contributed by atoms with Crippen molar-refractivity contribution < 1.29 is 14.3 Å². The quantitative estimate of drug-likeness (QED) is 0.324. The zero-order chi connectivity index (χ0) is 18.4. The predicted molar refractivity (Wildman–Crippen MR) is 108 cm³/mol. The highest BCUT2D eigenvalue weighted by Crippen LogP contribution is 2.52. The maximum atomic E-state index is 13.4. The number of alkyl halides is 1. The molecule has 0 amide bonds. The Balaban J connectivity index is 2.01. The van der Waals surface area contributed by atoms with Crippen LogP contribution in [0.1, 0.15) is 36.8 Å². The van der Waals surface area contributed by atoms with Crippen molar-refractivity contribution in [3.63, 3.8) is 0 Å². The van der Waals surface area contributed by atoms with Crippen molar-refractivity contribution in [3.8, 4) is 11.1 Å². The average molecular weight is 417 g/mol. The molecule has 0 aliphatic heterocycles. The summed E-state index contributed by atoms with van der Waals surface area (Å²) in [6, 6.07) is 16.5. The molecule has 1 aliphatic rings. The largest absolute Gasteiger partial charge is 0.465 e. The standard InChI is InChI=1S/C22H25BrO3/c1-25-15-8-16-26-21(24)22(13-6-7-14-23)19-11-4-2-9-17(19)18-10-3-5-12-20(18)22/h2-5,9-12H,6-8,13-16H2,1H3. The zero-order valence-electron chi connectivity index (χ0n) is 15.2. The molecule has 0 fully saturated rings. The molecule has 0 spiro atoms. The van der Waals surface area contributed by atoms with E-state index in [4.69, 9.17) is 9.47 Å². The molecule has 2 aromatic carbocycles. The topological polar surface area (TPSA) is 35.5 Å². The van der Waals surface area contributed by atoms with Gasteiger partial charge in [-0.15, -0.1) is 0 Å². The number of carbonyl (C=O) groups excluding carboxylic acids is 1. The number of hydrogen-bond acceptors (Lipinski definition) is 3. The molecule has 0 unspecified atom stereocenters. The van der Waals surface area contributed by atoms with Crippen LogP contribution in [0.2, 0.25) is 0 Å². The number of rotatable bonds is 9. The molecular weight excluding hydrogens is 392 g/mol. The molecule has 0 atom stereocenters. The van der Waals surface area contributed by atoms with Gasteiger partial charge in [-0.1, -0.05) is 70.9 Å². The molecule has 0 radical (unpaired) electrons. The summed E-state index contributed by atoms with van der Waals surface area (Å²) in [7, 11) is 1.66. The molecule has 2 aromatic rings. The van der Waals surface area contributed by atoms with E-state index >= 15 is 0 Å². The zero-order valence-corrected chi connectivity index (χ0v) is 16.8. The minimum atomic E-state index is -0.706. The van der Waals surface area contributed by atoms with E-state index in [1.807, 2.05) is 24.3 Å². The Hall–Kier alpha value is -1.65. The fraction of sp³-hybridized carbons (Fsp3) is 0.409. The van der Waals surface area contributed by atoms with Crippen LogP contribution in [0.25, 0.3) is 11.1 Å². The van der Waals surface area contributed by atoms with Crippen LogP contribution in [0.5, 0.6) is 0 Å². The first kappa shape index (κ1) is 19.1.